The molecule has 1 unspecified atom stereocenters. The summed E-state index contributed by atoms with van der Waals surface area (Å²) in [5, 5.41) is 6.00. The van der Waals surface area contributed by atoms with Crippen LogP contribution >= 0.6 is 0 Å². The van der Waals surface area contributed by atoms with Crippen molar-refractivity contribution in [3.63, 3.8) is 0 Å². The molecule has 1 amide bonds. The van der Waals surface area contributed by atoms with Crippen LogP contribution in [0.5, 0.6) is 0 Å². The Morgan fingerprint density at radius 2 is 2.06 bits per heavy atom. The number of hydrogen-bond donors (Lipinski definition) is 2. The quantitative estimate of drug-likeness (QED) is 0.835. The summed E-state index contributed by atoms with van der Waals surface area (Å²) in [4.78, 5) is 14.2. The monoisotopic (exact) mass is 249 g/mol. The second-order valence-electron chi connectivity index (χ2n) is 4.82. The summed E-state index contributed by atoms with van der Waals surface area (Å²) in [6.07, 6.45) is 0. The molecule has 0 aliphatic carbocycles. The van der Waals surface area contributed by atoms with Crippen LogP contribution in [0.15, 0.2) is 18.2 Å². The number of benzene rings is 1. The van der Waals surface area contributed by atoms with E-state index in [1.54, 1.807) is 0 Å². The number of nitrogens with zero attached hydrogens (tertiary/aromatic N) is 1. The first kappa shape index (κ1) is 14.5. The fraction of sp³-hybridized carbons (Fsp3) is 0.500. The highest BCUT2D eigenvalue weighted by molar-refractivity contribution is 5.99. The molecule has 1 atom stereocenters. The molecule has 0 aliphatic rings. The van der Waals surface area contributed by atoms with Crippen molar-refractivity contribution in [2.24, 2.45) is 0 Å². The van der Waals surface area contributed by atoms with Gasteiger partial charge in [-0.2, -0.15) is 0 Å². The van der Waals surface area contributed by atoms with Gasteiger partial charge in [-0.3, -0.25) is 4.79 Å². The Balaban J connectivity index is 2.75. The van der Waals surface area contributed by atoms with E-state index >= 15 is 0 Å². The van der Waals surface area contributed by atoms with Crippen LogP contribution in [0.25, 0.3) is 0 Å². The third-order valence-electron chi connectivity index (χ3n) is 3.13. The molecule has 0 saturated heterocycles. The molecule has 0 radical (unpaired) electrons. The molecular weight excluding hydrogens is 226 g/mol. The smallest absolute Gasteiger partial charge is 0.253 e. The topological polar surface area (TPSA) is 44.4 Å². The lowest BCUT2D eigenvalue weighted by Gasteiger charge is -2.20. The van der Waals surface area contributed by atoms with E-state index in [2.05, 4.69) is 22.5 Å². The summed E-state index contributed by atoms with van der Waals surface area (Å²) >= 11 is 0. The minimum Gasteiger partial charge on any atom is -0.387 e. The van der Waals surface area contributed by atoms with Gasteiger partial charge in [-0.1, -0.05) is 11.6 Å². The lowest BCUT2D eigenvalue weighted by molar-refractivity contribution is 0.0944. The summed E-state index contributed by atoms with van der Waals surface area (Å²) in [6, 6.07) is 6.14. The molecule has 2 N–H and O–H groups in total. The molecule has 100 valence electrons. The van der Waals surface area contributed by atoms with Crippen molar-refractivity contribution in [2.75, 3.05) is 33.0 Å². The molecule has 1 aromatic rings. The molecule has 0 bridgehead atoms. The molecule has 0 spiro atoms. The zero-order chi connectivity index (χ0) is 13.7. The predicted molar refractivity (Wildman–Crippen MR) is 76.2 cm³/mol. The highest BCUT2D eigenvalue weighted by Crippen LogP contribution is 2.16. The summed E-state index contributed by atoms with van der Waals surface area (Å²) in [6.45, 7) is 4.71. The maximum Gasteiger partial charge on any atom is 0.253 e. The van der Waals surface area contributed by atoms with Crippen molar-refractivity contribution in [1.29, 1.82) is 0 Å². The summed E-state index contributed by atoms with van der Waals surface area (Å²) in [7, 11) is 5.83. The minimum absolute atomic E-state index is 0.0308. The number of carbonyl (C=O) groups is 1. The van der Waals surface area contributed by atoms with Crippen LogP contribution in [0.4, 0.5) is 5.69 Å². The second kappa shape index (κ2) is 6.40. The average Bonchev–Trinajstić information content (AvgIpc) is 2.35. The minimum atomic E-state index is -0.0308. The van der Waals surface area contributed by atoms with Crippen LogP contribution < -0.4 is 10.6 Å². The Morgan fingerprint density at radius 3 is 2.61 bits per heavy atom. The Bertz CT molecular complexity index is 416. The van der Waals surface area contributed by atoms with Crippen LogP contribution in [0.1, 0.15) is 22.8 Å². The van der Waals surface area contributed by atoms with E-state index in [-0.39, 0.29) is 5.91 Å². The van der Waals surface area contributed by atoms with Crippen molar-refractivity contribution in [2.45, 2.75) is 19.9 Å². The summed E-state index contributed by atoms with van der Waals surface area (Å²) in [5.74, 6) is -0.0308. The molecular formula is C14H23N3O. The van der Waals surface area contributed by atoms with Gasteiger partial charge >= 0.3 is 0 Å². The van der Waals surface area contributed by atoms with Crippen LogP contribution in [0.3, 0.4) is 0 Å². The van der Waals surface area contributed by atoms with Gasteiger partial charge < -0.3 is 15.5 Å². The van der Waals surface area contributed by atoms with Gasteiger partial charge in [0.25, 0.3) is 5.91 Å². The van der Waals surface area contributed by atoms with Crippen molar-refractivity contribution >= 4 is 11.6 Å². The zero-order valence-corrected chi connectivity index (χ0v) is 11.9. The van der Waals surface area contributed by atoms with E-state index in [9.17, 15) is 4.79 Å². The van der Waals surface area contributed by atoms with E-state index in [0.29, 0.717) is 18.2 Å². The Labute approximate surface area is 109 Å². The lowest BCUT2D eigenvalue weighted by atomic mass is 10.1. The highest BCUT2D eigenvalue weighted by atomic mass is 16.1. The normalized spacial score (nSPS) is 12.3. The average molecular weight is 249 g/mol. The van der Waals surface area contributed by atoms with Gasteiger partial charge in [-0.25, -0.2) is 0 Å². The maximum atomic E-state index is 12.1. The van der Waals surface area contributed by atoms with Gasteiger partial charge in [0.05, 0.1) is 5.56 Å². The number of likely N-dealkylation sites (N-methyl/N-ethyl adjacent to an activating group) is 1. The van der Waals surface area contributed by atoms with Gasteiger partial charge in [0.2, 0.25) is 0 Å². The Kier molecular flexibility index (Phi) is 5.16. The van der Waals surface area contributed by atoms with Crippen molar-refractivity contribution in [3.8, 4) is 0 Å². The molecule has 0 aliphatic heterocycles. The number of anilines is 1. The standard InChI is InChI=1S/C14H23N3O/c1-10-6-7-13(15-3)12(8-10)14(18)16-9-11(2)17(4)5/h6-8,11,15H,9H2,1-5H3,(H,16,18). The fourth-order valence-electron chi connectivity index (χ4n) is 1.58. The fourth-order valence-corrected chi connectivity index (χ4v) is 1.58. The third-order valence-corrected chi connectivity index (χ3v) is 3.13. The van der Waals surface area contributed by atoms with Gasteiger partial charge in [-0.15, -0.1) is 0 Å². The molecule has 1 rings (SSSR count). The largest absolute Gasteiger partial charge is 0.387 e. The van der Waals surface area contributed by atoms with E-state index in [0.717, 1.165) is 11.3 Å². The van der Waals surface area contributed by atoms with Crippen molar-refractivity contribution < 1.29 is 4.79 Å². The molecule has 18 heavy (non-hydrogen) atoms. The molecule has 4 heteroatoms. The first-order chi connectivity index (χ1) is 8.45. The van der Waals surface area contributed by atoms with E-state index in [1.165, 1.54) is 0 Å². The van der Waals surface area contributed by atoms with Crippen LogP contribution in [-0.2, 0) is 0 Å². The van der Waals surface area contributed by atoms with Crippen molar-refractivity contribution in [1.82, 2.24) is 10.2 Å². The van der Waals surface area contributed by atoms with E-state index in [4.69, 9.17) is 0 Å². The van der Waals surface area contributed by atoms with Crippen LogP contribution in [0.2, 0.25) is 0 Å². The van der Waals surface area contributed by atoms with Crippen molar-refractivity contribution in [3.05, 3.63) is 29.3 Å². The Morgan fingerprint density at radius 1 is 1.39 bits per heavy atom. The summed E-state index contributed by atoms with van der Waals surface area (Å²) < 4.78 is 0. The zero-order valence-electron chi connectivity index (χ0n) is 11.9. The highest BCUT2D eigenvalue weighted by Gasteiger charge is 2.12. The predicted octanol–water partition coefficient (Wildman–Crippen LogP) is 1.72. The number of hydrogen-bond acceptors (Lipinski definition) is 3. The van der Waals surface area contributed by atoms with Gasteiger partial charge in [0.1, 0.15) is 0 Å². The molecule has 1 aromatic carbocycles. The first-order valence-electron chi connectivity index (χ1n) is 6.18. The number of nitrogens with one attached hydrogen (secondary N) is 2. The lowest BCUT2D eigenvalue weighted by Crippen LogP contribution is -2.38. The molecule has 0 aromatic heterocycles. The van der Waals surface area contributed by atoms with Crippen LogP contribution in [-0.4, -0.2) is 44.5 Å². The number of rotatable bonds is 5. The van der Waals surface area contributed by atoms with E-state index < -0.39 is 0 Å². The second-order valence-corrected chi connectivity index (χ2v) is 4.82. The number of aryl methyl sites for hydroxylation is 1. The summed E-state index contributed by atoms with van der Waals surface area (Å²) in [5.41, 5.74) is 2.64. The van der Waals surface area contributed by atoms with E-state index in [1.807, 2.05) is 46.3 Å². The molecule has 0 saturated carbocycles. The number of carbonyl (C=O) groups excluding carboxylic acids is 1. The molecule has 4 nitrogen and oxygen atoms in total. The SMILES string of the molecule is CNc1ccc(C)cc1C(=O)NCC(C)N(C)C. The van der Waals surface area contributed by atoms with Gasteiger partial charge in [0, 0.05) is 25.3 Å². The van der Waals surface area contributed by atoms with Gasteiger partial charge in [0.15, 0.2) is 0 Å². The van der Waals surface area contributed by atoms with Crippen LogP contribution in [0, 0.1) is 6.92 Å². The first-order valence-corrected chi connectivity index (χ1v) is 6.18. The third kappa shape index (κ3) is 3.74. The Hall–Kier alpha value is -1.55. The maximum absolute atomic E-state index is 12.1. The van der Waals surface area contributed by atoms with Gasteiger partial charge in [-0.05, 0) is 40.1 Å². The number of amides is 1. The molecule has 0 heterocycles. The molecule has 0 fully saturated rings.